The minimum atomic E-state index is -0.610. The summed E-state index contributed by atoms with van der Waals surface area (Å²) in [4.78, 5) is 22.5. The lowest BCUT2D eigenvalue weighted by molar-refractivity contribution is -0.120. The van der Waals surface area contributed by atoms with Crippen LogP contribution in [0.15, 0.2) is 18.2 Å². The van der Waals surface area contributed by atoms with Crippen LogP contribution >= 0.6 is 0 Å². The van der Waals surface area contributed by atoms with Gasteiger partial charge in [-0.3, -0.25) is 9.59 Å². The molecule has 0 saturated heterocycles. The summed E-state index contributed by atoms with van der Waals surface area (Å²) in [5, 5.41) is 5.57. The molecule has 2 amide bonds. The van der Waals surface area contributed by atoms with E-state index >= 15 is 0 Å². The maximum Gasteiger partial charge on any atom is 0.248 e. The second kappa shape index (κ2) is 7.59. The summed E-state index contributed by atoms with van der Waals surface area (Å²) in [6.07, 6.45) is 0. The SMILES string of the molecule is CC(C)CNC(=O)CNCc1cc(C(N)=O)ccc1F. The average Bonchev–Trinajstić information content (AvgIpc) is 2.38. The molecule has 0 heterocycles. The first-order chi connectivity index (χ1) is 9.40. The molecule has 0 fully saturated rings. The largest absolute Gasteiger partial charge is 0.366 e. The summed E-state index contributed by atoms with van der Waals surface area (Å²) in [5.74, 6) is -0.820. The summed E-state index contributed by atoms with van der Waals surface area (Å²) in [6, 6.07) is 3.91. The Morgan fingerprint density at radius 3 is 2.65 bits per heavy atom. The first-order valence-corrected chi connectivity index (χ1v) is 6.45. The number of primary amides is 1. The summed E-state index contributed by atoms with van der Waals surface area (Å²) >= 11 is 0. The zero-order valence-corrected chi connectivity index (χ0v) is 11.7. The van der Waals surface area contributed by atoms with Crippen molar-refractivity contribution in [2.75, 3.05) is 13.1 Å². The number of hydrogen-bond donors (Lipinski definition) is 3. The molecule has 20 heavy (non-hydrogen) atoms. The van der Waals surface area contributed by atoms with Crippen molar-refractivity contribution in [2.24, 2.45) is 11.7 Å². The molecule has 4 N–H and O–H groups in total. The van der Waals surface area contributed by atoms with Gasteiger partial charge in [-0.25, -0.2) is 4.39 Å². The van der Waals surface area contributed by atoms with Gasteiger partial charge in [-0.15, -0.1) is 0 Å². The standard InChI is InChI=1S/C14H20FN3O2/c1-9(2)6-18-13(19)8-17-7-11-5-10(14(16)20)3-4-12(11)15/h3-5,9,17H,6-8H2,1-2H3,(H2,16,20)(H,18,19). The first-order valence-electron chi connectivity index (χ1n) is 6.45. The number of nitrogens with two attached hydrogens (primary N) is 1. The minimum absolute atomic E-state index is 0.0902. The van der Waals surface area contributed by atoms with Crippen molar-refractivity contribution in [1.82, 2.24) is 10.6 Å². The van der Waals surface area contributed by atoms with Crippen LogP contribution in [0.25, 0.3) is 0 Å². The van der Waals surface area contributed by atoms with Crippen molar-refractivity contribution >= 4 is 11.8 Å². The highest BCUT2D eigenvalue weighted by atomic mass is 19.1. The van der Waals surface area contributed by atoms with E-state index in [1.54, 1.807) is 0 Å². The normalized spacial score (nSPS) is 10.6. The van der Waals surface area contributed by atoms with Crippen LogP contribution in [0.3, 0.4) is 0 Å². The third-order valence-electron chi connectivity index (χ3n) is 2.64. The van der Waals surface area contributed by atoms with Gasteiger partial charge in [0.15, 0.2) is 0 Å². The van der Waals surface area contributed by atoms with Crippen LogP contribution in [0.4, 0.5) is 4.39 Å². The summed E-state index contributed by atoms with van der Waals surface area (Å²) in [6.45, 7) is 4.85. The molecule has 1 rings (SSSR count). The Bertz CT molecular complexity index is 489. The third kappa shape index (κ3) is 5.36. The molecular formula is C14H20FN3O2. The number of carbonyl (C=O) groups is 2. The number of benzene rings is 1. The molecular weight excluding hydrogens is 261 g/mol. The third-order valence-corrected chi connectivity index (χ3v) is 2.64. The molecule has 0 aliphatic heterocycles. The van der Waals surface area contributed by atoms with Gasteiger partial charge in [0.2, 0.25) is 11.8 Å². The van der Waals surface area contributed by atoms with Crippen molar-refractivity contribution < 1.29 is 14.0 Å². The summed E-state index contributed by atoms with van der Waals surface area (Å²) in [5.41, 5.74) is 5.68. The molecule has 1 aromatic carbocycles. The maximum absolute atomic E-state index is 13.5. The van der Waals surface area contributed by atoms with Crippen LogP contribution in [0.2, 0.25) is 0 Å². The molecule has 0 aliphatic rings. The Morgan fingerprint density at radius 2 is 2.05 bits per heavy atom. The summed E-state index contributed by atoms with van der Waals surface area (Å²) < 4.78 is 13.5. The Balaban J connectivity index is 2.47. The lowest BCUT2D eigenvalue weighted by Gasteiger charge is -2.09. The molecule has 0 spiro atoms. The molecule has 0 unspecified atom stereocenters. The topological polar surface area (TPSA) is 84.2 Å². The molecule has 0 atom stereocenters. The van der Waals surface area contributed by atoms with E-state index in [1.165, 1.54) is 18.2 Å². The second-order valence-corrected chi connectivity index (χ2v) is 4.97. The number of carbonyl (C=O) groups excluding carboxylic acids is 2. The first kappa shape index (κ1) is 16.1. The Morgan fingerprint density at radius 1 is 1.35 bits per heavy atom. The van der Waals surface area contributed by atoms with Crippen molar-refractivity contribution in [3.8, 4) is 0 Å². The zero-order chi connectivity index (χ0) is 15.1. The van der Waals surface area contributed by atoms with Crippen molar-refractivity contribution in [3.05, 3.63) is 35.1 Å². The number of amides is 2. The van der Waals surface area contributed by atoms with Crippen LogP contribution in [-0.4, -0.2) is 24.9 Å². The van der Waals surface area contributed by atoms with Gasteiger partial charge in [-0.1, -0.05) is 13.8 Å². The van der Waals surface area contributed by atoms with E-state index in [2.05, 4.69) is 10.6 Å². The highest BCUT2D eigenvalue weighted by Gasteiger charge is 2.08. The van der Waals surface area contributed by atoms with Gasteiger partial charge >= 0.3 is 0 Å². The van der Waals surface area contributed by atoms with E-state index in [-0.39, 0.29) is 24.6 Å². The monoisotopic (exact) mass is 281 g/mol. The van der Waals surface area contributed by atoms with Gasteiger partial charge in [0, 0.05) is 24.2 Å². The van der Waals surface area contributed by atoms with Crippen LogP contribution in [0.1, 0.15) is 29.8 Å². The molecule has 0 saturated carbocycles. The Labute approximate surface area is 117 Å². The average molecular weight is 281 g/mol. The lowest BCUT2D eigenvalue weighted by Crippen LogP contribution is -2.35. The van der Waals surface area contributed by atoms with Crippen molar-refractivity contribution in [2.45, 2.75) is 20.4 Å². The van der Waals surface area contributed by atoms with E-state index in [0.717, 1.165) is 0 Å². The van der Waals surface area contributed by atoms with Gasteiger partial charge in [-0.2, -0.15) is 0 Å². The number of halogens is 1. The predicted octanol–water partition coefficient (Wildman–Crippen LogP) is 0.786. The van der Waals surface area contributed by atoms with Gasteiger partial charge in [0.1, 0.15) is 5.82 Å². The molecule has 1 aromatic rings. The predicted molar refractivity (Wildman–Crippen MR) is 74.5 cm³/mol. The summed E-state index contributed by atoms with van der Waals surface area (Å²) in [7, 11) is 0. The molecule has 110 valence electrons. The smallest absolute Gasteiger partial charge is 0.248 e. The molecule has 0 aliphatic carbocycles. The van der Waals surface area contributed by atoms with Crippen LogP contribution in [-0.2, 0) is 11.3 Å². The molecule has 0 radical (unpaired) electrons. The zero-order valence-electron chi connectivity index (χ0n) is 11.7. The van der Waals surface area contributed by atoms with E-state index in [1.807, 2.05) is 13.8 Å². The molecule has 5 nitrogen and oxygen atoms in total. The Kier molecular flexibility index (Phi) is 6.11. The Hall–Kier alpha value is -1.95. The fraction of sp³-hybridized carbons (Fsp3) is 0.429. The molecule has 6 heteroatoms. The van der Waals surface area contributed by atoms with E-state index in [4.69, 9.17) is 5.73 Å². The molecule has 0 aromatic heterocycles. The highest BCUT2D eigenvalue weighted by Crippen LogP contribution is 2.10. The quantitative estimate of drug-likeness (QED) is 0.690. The van der Waals surface area contributed by atoms with Gasteiger partial charge < -0.3 is 16.4 Å². The van der Waals surface area contributed by atoms with Gasteiger partial charge in [-0.05, 0) is 24.1 Å². The van der Waals surface area contributed by atoms with Crippen LogP contribution < -0.4 is 16.4 Å². The maximum atomic E-state index is 13.5. The fourth-order valence-electron chi connectivity index (χ4n) is 1.55. The van der Waals surface area contributed by atoms with E-state index < -0.39 is 11.7 Å². The van der Waals surface area contributed by atoms with Crippen molar-refractivity contribution in [3.63, 3.8) is 0 Å². The number of hydrogen-bond acceptors (Lipinski definition) is 3. The second-order valence-electron chi connectivity index (χ2n) is 4.97. The lowest BCUT2D eigenvalue weighted by atomic mass is 10.1. The minimum Gasteiger partial charge on any atom is -0.366 e. The fourth-order valence-corrected chi connectivity index (χ4v) is 1.55. The van der Waals surface area contributed by atoms with Crippen LogP contribution in [0, 0.1) is 11.7 Å². The van der Waals surface area contributed by atoms with Gasteiger partial charge in [0.05, 0.1) is 6.54 Å². The van der Waals surface area contributed by atoms with Gasteiger partial charge in [0.25, 0.3) is 0 Å². The van der Waals surface area contributed by atoms with Crippen LogP contribution in [0.5, 0.6) is 0 Å². The van der Waals surface area contributed by atoms with E-state index in [0.29, 0.717) is 18.0 Å². The number of rotatable bonds is 7. The van der Waals surface area contributed by atoms with E-state index in [9.17, 15) is 14.0 Å². The number of nitrogens with one attached hydrogen (secondary N) is 2. The highest BCUT2D eigenvalue weighted by molar-refractivity contribution is 5.92. The van der Waals surface area contributed by atoms with Crippen molar-refractivity contribution in [1.29, 1.82) is 0 Å². The molecule has 0 bridgehead atoms.